The molecule has 0 aliphatic rings. The maximum absolute atomic E-state index is 4.45. The quantitative estimate of drug-likeness (QED) is 0.695. The second-order valence-electron chi connectivity index (χ2n) is 3.35. The van der Waals surface area contributed by atoms with Crippen LogP contribution in [0.1, 0.15) is 37.4 Å². The van der Waals surface area contributed by atoms with E-state index in [1.165, 1.54) is 5.69 Å². The molecule has 1 unspecified atom stereocenters. The molecule has 0 amide bonds. The molecule has 12 heavy (non-hydrogen) atoms. The molecule has 0 bridgehead atoms. The lowest BCUT2D eigenvalue weighted by Crippen LogP contribution is -2.01. The Hall–Kier alpha value is -0.630. The third-order valence-electron chi connectivity index (χ3n) is 2.18. The van der Waals surface area contributed by atoms with Crippen LogP contribution in [0.4, 0.5) is 0 Å². The van der Waals surface area contributed by atoms with E-state index in [2.05, 4.69) is 37.7 Å². The minimum Gasteiger partial charge on any atom is -0.241 e. The van der Waals surface area contributed by atoms with Crippen molar-refractivity contribution in [3.63, 3.8) is 0 Å². The zero-order chi connectivity index (χ0) is 9.14. The summed E-state index contributed by atoms with van der Waals surface area (Å²) in [5.74, 6) is 1.21. The highest BCUT2D eigenvalue weighted by molar-refractivity contribution is 7.10. The normalized spacial score (nSPS) is 13.3. The monoisotopic (exact) mass is 181 g/mol. The molecule has 0 aliphatic heterocycles. The van der Waals surface area contributed by atoms with Gasteiger partial charge in [-0.25, -0.2) is 4.98 Å². The SMILES string of the molecule is C=Cc1nc(C(C)C(C)C)cs1. The lowest BCUT2D eigenvalue weighted by atomic mass is 9.96. The zero-order valence-corrected chi connectivity index (χ0v) is 8.69. The van der Waals surface area contributed by atoms with Crippen LogP contribution in [0.25, 0.3) is 6.08 Å². The van der Waals surface area contributed by atoms with E-state index in [-0.39, 0.29) is 0 Å². The Morgan fingerprint density at radius 1 is 1.50 bits per heavy atom. The van der Waals surface area contributed by atoms with Gasteiger partial charge >= 0.3 is 0 Å². The van der Waals surface area contributed by atoms with Crippen molar-refractivity contribution >= 4 is 17.4 Å². The Bertz CT molecular complexity index is 263. The first-order chi connectivity index (χ1) is 5.65. The van der Waals surface area contributed by atoms with Crippen LogP contribution in [0.5, 0.6) is 0 Å². The minimum atomic E-state index is 0.551. The number of thiazole rings is 1. The van der Waals surface area contributed by atoms with E-state index in [1.807, 2.05) is 0 Å². The van der Waals surface area contributed by atoms with Crippen LogP contribution in [0.15, 0.2) is 12.0 Å². The lowest BCUT2D eigenvalue weighted by molar-refractivity contribution is 0.525. The van der Waals surface area contributed by atoms with E-state index in [1.54, 1.807) is 17.4 Å². The molecule has 66 valence electrons. The van der Waals surface area contributed by atoms with Crippen LogP contribution < -0.4 is 0 Å². The Morgan fingerprint density at radius 3 is 2.58 bits per heavy atom. The molecular weight excluding hydrogens is 166 g/mol. The predicted molar refractivity (Wildman–Crippen MR) is 55.5 cm³/mol. The van der Waals surface area contributed by atoms with E-state index >= 15 is 0 Å². The van der Waals surface area contributed by atoms with E-state index in [9.17, 15) is 0 Å². The molecule has 0 aliphatic carbocycles. The summed E-state index contributed by atoms with van der Waals surface area (Å²) in [6, 6.07) is 0. The number of nitrogens with zero attached hydrogens (tertiary/aromatic N) is 1. The van der Waals surface area contributed by atoms with Crippen molar-refractivity contribution in [2.75, 3.05) is 0 Å². The first-order valence-corrected chi connectivity index (χ1v) is 5.11. The first-order valence-electron chi connectivity index (χ1n) is 4.23. The molecule has 1 nitrogen and oxygen atoms in total. The van der Waals surface area contributed by atoms with Gasteiger partial charge in [0.1, 0.15) is 5.01 Å². The van der Waals surface area contributed by atoms with Crippen molar-refractivity contribution in [3.05, 3.63) is 22.7 Å². The maximum Gasteiger partial charge on any atom is 0.115 e. The molecule has 0 spiro atoms. The van der Waals surface area contributed by atoms with Gasteiger partial charge in [-0.15, -0.1) is 11.3 Å². The van der Waals surface area contributed by atoms with Crippen molar-refractivity contribution in [2.24, 2.45) is 5.92 Å². The summed E-state index contributed by atoms with van der Waals surface area (Å²) in [6.07, 6.45) is 1.81. The standard InChI is InChI=1S/C10H15NS/c1-5-10-11-9(6-12-10)8(4)7(2)3/h5-8H,1H2,2-4H3. The Morgan fingerprint density at radius 2 is 2.17 bits per heavy atom. The minimum absolute atomic E-state index is 0.551. The van der Waals surface area contributed by atoms with Gasteiger partial charge in [0.15, 0.2) is 0 Å². The first kappa shape index (κ1) is 9.46. The van der Waals surface area contributed by atoms with Gasteiger partial charge < -0.3 is 0 Å². The molecule has 0 aromatic carbocycles. The average Bonchev–Trinajstić information content (AvgIpc) is 2.50. The van der Waals surface area contributed by atoms with Crippen LogP contribution >= 0.6 is 11.3 Å². The van der Waals surface area contributed by atoms with Gasteiger partial charge in [-0.1, -0.05) is 27.4 Å². The highest BCUT2D eigenvalue weighted by Gasteiger charge is 2.12. The molecule has 1 rings (SSSR count). The Kier molecular flexibility index (Phi) is 3.04. The molecule has 0 saturated heterocycles. The molecule has 1 aromatic heterocycles. The summed E-state index contributed by atoms with van der Waals surface area (Å²) >= 11 is 1.67. The van der Waals surface area contributed by atoms with Crippen molar-refractivity contribution in [1.82, 2.24) is 4.98 Å². The Labute approximate surface area is 78.2 Å². The van der Waals surface area contributed by atoms with E-state index in [4.69, 9.17) is 0 Å². The van der Waals surface area contributed by atoms with Gasteiger partial charge in [0.05, 0.1) is 5.69 Å². The summed E-state index contributed by atoms with van der Waals surface area (Å²) in [6.45, 7) is 10.4. The fourth-order valence-electron chi connectivity index (χ4n) is 0.945. The maximum atomic E-state index is 4.45. The number of hydrogen-bond acceptors (Lipinski definition) is 2. The van der Waals surface area contributed by atoms with Gasteiger partial charge in [0, 0.05) is 11.3 Å². The van der Waals surface area contributed by atoms with Crippen LogP contribution in [0, 0.1) is 5.92 Å². The lowest BCUT2D eigenvalue weighted by Gasteiger charge is -2.11. The summed E-state index contributed by atoms with van der Waals surface area (Å²) in [4.78, 5) is 4.45. The van der Waals surface area contributed by atoms with Crippen LogP contribution in [0.3, 0.4) is 0 Å². The van der Waals surface area contributed by atoms with Crippen molar-refractivity contribution in [1.29, 1.82) is 0 Å². The zero-order valence-electron chi connectivity index (χ0n) is 7.87. The summed E-state index contributed by atoms with van der Waals surface area (Å²) in [5.41, 5.74) is 1.20. The van der Waals surface area contributed by atoms with Crippen molar-refractivity contribution in [3.8, 4) is 0 Å². The second-order valence-corrected chi connectivity index (χ2v) is 4.24. The van der Waals surface area contributed by atoms with Gasteiger partial charge in [-0.2, -0.15) is 0 Å². The number of hydrogen-bond donors (Lipinski definition) is 0. The molecule has 0 saturated carbocycles. The van der Waals surface area contributed by atoms with Crippen molar-refractivity contribution in [2.45, 2.75) is 26.7 Å². The molecule has 2 heteroatoms. The third-order valence-corrected chi connectivity index (χ3v) is 3.04. The average molecular weight is 181 g/mol. The predicted octanol–water partition coefficient (Wildman–Crippen LogP) is 3.55. The molecule has 1 aromatic rings. The topological polar surface area (TPSA) is 12.9 Å². The second kappa shape index (κ2) is 3.85. The smallest absolute Gasteiger partial charge is 0.115 e. The third kappa shape index (κ3) is 1.95. The van der Waals surface area contributed by atoms with Crippen LogP contribution in [0.2, 0.25) is 0 Å². The highest BCUT2D eigenvalue weighted by Crippen LogP contribution is 2.25. The van der Waals surface area contributed by atoms with E-state index in [0.717, 1.165) is 5.01 Å². The fraction of sp³-hybridized carbons (Fsp3) is 0.500. The fourth-order valence-corrected chi connectivity index (χ4v) is 1.71. The summed E-state index contributed by atoms with van der Waals surface area (Å²) in [5, 5.41) is 3.15. The van der Waals surface area contributed by atoms with Crippen LogP contribution in [-0.4, -0.2) is 4.98 Å². The summed E-state index contributed by atoms with van der Waals surface area (Å²) < 4.78 is 0. The van der Waals surface area contributed by atoms with Crippen molar-refractivity contribution < 1.29 is 0 Å². The molecule has 0 radical (unpaired) electrons. The molecule has 1 atom stereocenters. The molecular formula is C10H15NS. The highest BCUT2D eigenvalue weighted by atomic mass is 32.1. The largest absolute Gasteiger partial charge is 0.241 e. The Balaban J connectivity index is 2.81. The van der Waals surface area contributed by atoms with E-state index < -0.39 is 0 Å². The van der Waals surface area contributed by atoms with Gasteiger partial charge in [0.2, 0.25) is 0 Å². The van der Waals surface area contributed by atoms with Gasteiger partial charge in [-0.3, -0.25) is 0 Å². The van der Waals surface area contributed by atoms with E-state index in [0.29, 0.717) is 11.8 Å². The molecule has 0 fully saturated rings. The molecule has 1 heterocycles. The van der Waals surface area contributed by atoms with Gasteiger partial charge in [0.25, 0.3) is 0 Å². The summed E-state index contributed by atoms with van der Waals surface area (Å²) in [7, 11) is 0. The number of aromatic nitrogens is 1. The molecule has 0 N–H and O–H groups in total. The van der Waals surface area contributed by atoms with Gasteiger partial charge in [-0.05, 0) is 12.0 Å². The van der Waals surface area contributed by atoms with Crippen LogP contribution in [-0.2, 0) is 0 Å². The number of rotatable bonds is 3.